The summed E-state index contributed by atoms with van der Waals surface area (Å²) in [5.74, 6) is 0.108. The van der Waals surface area contributed by atoms with E-state index in [0.717, 1.165) is 17.0 Å². The number of nitrogens with zero attached hydrogens (tertiary/aromatic N) is 1. The fourth-order valence-electron chi connectivity index (χ4n) is 1.68. The first-order valence-electron chi connectivity index (χ1n) is 6.15. The maximum absolute atomic E-state index is 11.8. The van der Waals surface area contributed by atoms with Crippen molar-refractivity contribution in [3.8, 4) is 5.75 Å². The first-order valence-corrected chi connectivity index (χ1v) is 6.97. The summed E-state index contributed by atoms with van der Waals surface area (Å²) in [7, 11) is 0. The van der Waals surface area contributed by atoms with Crippen LogP contribution in [0.1, 0.15) is 22.4 Å². The van der Waals surface area contributed by atoms with Crippen molar-refractivity contribution in [2.75, 3.05) is 0 Å². The van der Waals surface area contributed by atoms with Crippen molar-refractivity contribution in [3.63, 3.8) is 0 Å². The standard InChI is InChI=1S/C14H16N2O2S/c1-2-12-8-16-14(19-12)9-15-13(18)7-10-4-3-5-11(17)6-10/h3-6,8,17H,2,7,9H2,1H3,(H,15,18). The number of thiazole rings is 1. The molecular formula is C14H16N2O2S. The number of amides is 1. The molecule has 2 aromatic rings. The predicted octanol–water partition coefficient (Wildman–Crippen LogP) is 2.27. The first kappa shape index (κ1) is 13.5. The third-order valence-electron chi connectivity index (χ3n) is 2.66. The minimum atomic E-state index is -0.0705. The molecule has 0 spiro atoms. The third-order valence-corrected chi connectivity index (χ3v) is 3.80. The molecule has 0 aliphatic heterocycles. The number of aromatic nitrogens is 1. The van der Waals surface area contributed by atoms with Gasteiger partial charge < -0.3 is 10.4 Å². The number of phenols is 1. The Labute approximate surface area is 116 Å². The summed E-state index contributed by atoms with van der Waals surface area (Å²) in [6, 6.07) is 6.73. The van der Waals surface area contributed by atoms with Crippen molar-refractivity contribution in [2.45, 2.75) is 26.3 Å². The van der Waals surface area contributed by atoms with E-state index in [-0.39, 0.29) is 18.1 Å². The molecule has 4 nitrogen and oxygen atoms in total. The van der Waals surface area contributed by atoms with E-state index in [1.165, 1.54) is 4.88 Å². The second kappa shape index (κ2) is 6.33. The lowest BCUT2D eigenvalue weighted by atomic mass is 10.1. The molecule has 0 bridgehead atoms. The summed E-state index contributed by atoms with van der Waals surface area (Å²) in [5.41, 5.74) is 0.797. The van der Waals surface area contributed by atoms with Crippen molar-refractivity contribution in [1.29, 1.82) is 0 Å². The van der Waals surface area contributed by atoms with E-state index in [0.29, 0.717) is 6.54 Å². The maximum atomic E-state index is 11.8. The molecule has 5 heteroatoms. The van der Waals surface area contributed by atoms with Crippen LogP contribution in [0.2, 0.25) is 0 Å². The fourth-order valence-corrected chi connectivity index (χ4v) is 2.48. The van der Waals surface area contributed by atoms with Crippen molar-refractivity contribution in [1.82, 2.24) is 10.3 Å². The van der Waals surface area contributed by atoms with Crippen molar-refractivity contribution >= 4 is 17.2 Å². The van der Waals surface area contributed by atoms with Gasteiger partial charge in [0.05, 0.1) is 13.0 Å². The molecule has 19 heavy (non-hydrogen) atoms. The molecule has 2 rings (SSSR count). The predicted molar refractivity (Wildman–Crippen MR) is 75.1 cm³/mol. The lowest BCUT2D eigenvalue weighted by Crippen LogP contribution is -2.24. The summed E-state index contributed by atoms with van der Waals surface area (Å²) in [6.07, 6.45) is 3.08. The van der Waals surface area contributed by atoms with Crippen LogP contribution in [0.5, 0.6) is 5.75 Å². The molecule has 0 saturated heterocycles. The molecule has 0 atom stereocenters. The van der Waals surface area contributed by atoms with E-state index in [4.69, 9.17) is 0 Å². The Morgan fingerprint density at radius 3 is 3.00 bits per heavy atom. The summed E-state index contributed by atoms with van der Waals surface area (Å²) in [6.45, 7) is 2.54. The Kier molecular flexibility index (Phi) is 4.52. The van der Waals surface area contributed by atoms with Crippen LogP contribution in [0.15, 0.2) is 30.5 Å². The topological polar surface area (TPSA) is 62.2 Å². The molecule has 0 unspecified atom stereocenters. The molecule has 2 N–H and O–H groups in total. The van der Waals surface area contributed by atoms with Gasteiger partial charge in [-0.3, -0.25) is 4.79 Å². The molecule has 1 amide bonds. The maximum Gasteiger partial charge on any atom is 0.224 e. The number of hydrogen-bond acceptors (Lipinski definition) is 4. The van der Waals surface area contributed by atoms with Gasteiger partial charge in [-0.2, -0.15) is 0 Å². The highest BCUT2D eigenvalue weighted by atomic mass is 32.1. The zero-order valence-corrected chi connectivity index (χ0v) is 11.5. The van der Waals surface area contributed by atoms with Crippen LogP contribution in [0.25, 0.3) is 0 Å². The lowest BCUT2D eigenvalue weighted by molar-refractivity contribution is -0.120. The minimum Gasteiger partial charge on any atom is -0.508 e. The zero-order valence-electron chi connectivity index (χ0n) is 10.7. The summed E-state index contributed by atoms with van der Waals surface area (Å²) in [4.78, 5) is 17.2. The van der Waals surface area contributed by atoms with Crippen LogP contribution >= 0.6 is 11.3 Å². The molecule has 1 heterocycles. The Morgan fingerprint density at radius 2 is 2.32 bits per heavy atom. The van der Waals surface area contributed by atoms with Gasteiger partial charge in [-0.25, -0.2) is 4.98 Å². The number of nitrogens with one attached hydrogen (secondary N) is 1. The van der Waals surface area contributed by atoms with Gasteiger partial charge in [0.15, 0.2) is 0 Å². The Hall–Kier alpha value is -1.88. The van der Waals surface area contributed by atoms with Crippen LogP contribution in [-0.4, -0.2) is 16.0 Å². The van der Waals surface area contributed by atoms with Crippen molar-refractivity contribution in [2.24, 2.45) is 0 Å². The summed E-state index contributed by atoms with van der Waals surface area (Å²) >= 11 is 1.62. The monoisotopic (exact) mass is 276 g/mol. The number of phenolic OH excluding ortho intramolecular Hbond substituents is 1. The van der Waals surface area contributed by atoms with E-state index in [1.807, 2.05) is 12.3 Å². The Morgan fingerprint density at radius 1 is 1.47 bits per heavy atom. The molecule has 0 saturated carbocycles. The smallest absolute Gasteiger partial charge is 0.224 e. The average molecular weight is 276 g/mol. The van der Waals surface area contributed by atoms with Gasteiger partial charge in [0.25, 0.3) is 0 Å². The first-order chi connectivity index (χ1) is 9.17. The van der Waals surface area contributed by atoms with E-state index < -0.39 is 0 Å². The average Bonchev–Trinajstić information content (AvgIpc) is 2.84. The quantitative estimate of drug-likeness (QED) is 0.880. The fraction of sp³-hybridized carbons (Fsp3) is 0.286. The number of hydrogen-bond donors (Lipinski definition) is 2. The molecule has 100 valence electrons. The number of benzene rings is 1. The van der Waals surface area contributed by atoms with Crippen LogP contribution in [0, 0.1) is 0 Å². The second-order valence-electron chi connectivity index (χ2n) is 4.20. The van der Waals surface area contributed by atoms with E-state index in [2.05, 4.69) is 17.2 Å². The molecular weight excluding hydrogens is 260 g/mol. The van der Waals surface area contributed by atoms with E-state index in [9.17, 15) is 9.90 Å². The highest BCUT2D eigenvalue weighted by molar-refractivity contribution is 7.11. The number of aryl methyl sites for hydroxylation is 1. The largest absolute Gasteiger partial charge is 0.508 e. The van der Waals surface area contributed by atoms with E-state index in [1.54, 1.807) is 29.5 Å². The van der Waals surface area contributed by atoms with Gasteiger partial charge in [0.1, 0.15) is 10.8 Å². The van der Waals surface area contributed by atoms with Gasteiger partial charge in [0.2, 0.25) is 5.91 Å². The van der Waals surface area contributed by atoms with Crippen LogP contribution < -0.4 is 5.32 Å². The van der Waals surface area contributed by atoms with Crippen molar-refractivity contribution < 1.29 is 9.90 Å². The SMILES string of the molecule is CCc1cnc(CNC(=O)Cc2cccc(O)c2)s1. The molecule has 0 aliphatic carbocycles. The minimum absolute atomic E-state index is 0.0705. The number of carbonyl (C=O) groups excluding carboxylic acids is 1. The van der Waals surface area contributed by atoms with Crippen LogP contribution in [0.4, 0.5) is 0 Å². The number of carbonyl (C=O) groups is 1. The van der Waals surface area contributed by atoms with Gasteiger partial charge in [-0.05, 0) is 24.1 Å². The normalized spacial score (nSPS) is 10.4. The van der Waals surface area contributed by atoms with Gasteiger partial charge in [-0.1, -0.05) is 19.1 Å². The highest BCUT2D eigenvalue weighted by Gasteiger charge is 2.06. The molecule has 0 fully saturated rings. The molecule has 1 aromatic heterocycles. The summed E-state index contributed by atoms with van der Waals surface area (Å²) < 4.78 is 0. The van der Waals surface area contributed by atoms with Gasteiger partial charge in [0, 0.05) is 11.1 Å². The van der Waals surface area contributed by atoms with Crippen LogP contribution in [-0.2, 0) is 24.2 Å². The second-order valence-corrected chi connectivity index (χ2v) is 5.40. The Balaban J connectivity index is 1.84. The van der Waals surface area contributed by atoms with Gasteiger partial charge in [-0.15, -0.1) is 11.3 Å². The lowest BCUT2D eigenvalue weighted by Gasteiger charge is -2.03. The highest BCUT2D eigenvalue weighted by Crippen LogP contribution is 2.13. The molecule has 0 radical (unpaired) electrons. The summed E-state index contributed by atoms with van der Waals surface area (Å²) in [5, 5.41) is 13.1. The molecule has 0 aliphatic rings. The number of rotatable bonds is 5. The Bertz CT molecular complexity index is 566. The van der Waals surface area contributed by atoms with Crippen molar-refractivity contribution in [3.05, 3.63) is 45.9 Å². The molecule has 1 aromatic carbocycles. The number of aromatic hydroxyl groups is 1. The third kappa shape index (κ3) is 4.06. The van der Waals surface area contributed by atoms with Gasteiger partial charge >= 0.3 is 0 Å². The van der Waals surface area contributed by atoms with Crippen LogP contribution in [0.3, 0.4) is 0 Å². The van der Waals surface area contributed by atoms with E-state index >= 15 is 0 Å². The zero-order chi connectivity index (χ0) is 13.7.